The van der Waals surface area contributed by atoms with E-state index in [-0.39, 0.29) is 11.9 Å². The summed E-state index contributed by atoms with van der Waals surface area (Å²) in [5.41, 5.74) is 2.02. The summed E-state index contributed by atoms with van der Waals surface area (Å²) >= 11 is 18.7. The second kappa shape index (κ2) is 10.6. The molecule has 3 nitrogen and oxygen atoms in total. The topological polar surface area (TPSA) is 23.6 Å². The number of anilines is 1. The molecule has 2 aromatic carbocycles. The molecule has 1 saturated heterocycles. The number of nitrogens with zero attached hydrogens (tertiary/aromatic N) is 2. The fourth-order valence-electron chi connectivity index (χ4n) is 3.91. The van der Waals surface area contributed by atoms with Crippen LogP contribution >= 0.6 is 34.8 Å². The van der Waals surface area contributed by atoms with Crippen LogP contribution < -0.4 is 4.90 Å². The van der Waals surface area contributed by atoms with Crippen molar-refractivity contribution in [2.24, 2.45) is 5.92 Å². The van der Waals surface area contributed by atoms with Gasteiger partial charge in [-0.25, -0.2) is 0 Å². The molecule has 6 heteroatoms. The molecule has 1 unspecified atom stereocenters. The van der Waals surface area contributed by atoms with E-state index in [9.17, 15) is 4.79 Å². The zero-order valence-corrected chi connectivity index (χ0v) is 19.4. The highest BCUT2D eigenvalue weighted by atomic mass is 35.5. The van der Waals surface area contributed by atoms with E-state index in [2.05, 4.69) is 18.4 Å². The van der Waals surface area contributed by atoms with Gasteiger partial charge in [0.25, 0.3) is 0 Å². The third-order valence-electron chi connectivity index (χ3n) is 5.63. The number of carbonyl (C=O) groups excluding carboxylic acids is 1. The molecule has 0 N–H and O–H groups in total. The number of rotatable bonds is 7. The molecule has 1 aliphatic rings. The lowest BCUT2D eigenvalue weighted by Gasteiger charge is -2.43. The van der Waals surface area contributed by atoms with Gasteiger partial charge in [0, 0.05) is 36.1 Å². The molecule has 160 valence electrons. The summed E-state index contributed by atoms with van der Waals surface area (Å²) in [4.78, 5) is 17.1. The summed E-state index contributed by atoms with van der Waals surface area (Å²) in [6.45, 7) is 7.91. The van der Waals surface area contributed by atoms with Crippen molar-refractivity contribution in [2.75, 3.05) is 24.5 Å². The van der Waals surface area contributed by atoms with Gasteiger partial charge < -0.3 is 9.80 Å². The van der Waals surface area contributed by atoms with Crippen molar-refractivity contribution < 1.29 is 4.79 Å². The first-order valence-corrected chi connectivity index (χ1v) is 11.4. The largest absolute Gasteiger partial charge is 0.360 e. The van der Waals surface area contributed by atoms with Crippen LogP contribution in [0.15, 0.2) is 55.1 Å². The third kappa shape index (κ3) is 5.72. The highest BCUT2D eigenvalue weighted by Crippen LogP contribution is 2.37. The lowest BCUT2D eigenvalue weighted by Crippen LogP contribution is -2.50. The zero-order valence-electron chi connectivity index (χ0n) is 17.2. The number of hydrogen-bond donors (Lipinski definition) is 0. The Kier molecular flexibility index (Phi) is 8.10. The molecule has 1 aliphatic heterocycles. The monoisotopic (exact) mass is 464 g/mol. The number of amides is 1. The van der Waals surface area contributed by atoms with Gasteiger partial charge in [0.15, 0.2) is 0 Å². The molecule has 30 heavy (non-hydrogen) atoms. The Labute approximate surface area is 194 Å². The predicted molar refractivity (Wildman–Crippen MR) is 128 cm³/mol. The Hall–Kier alpha value is -1.68. The van der Waals surface area contributed by atoms with Gasteiger partial charge in [-0.2, -0.15) is 0 Å². The number of benzene rings is 2. The first-order chi connectivity index (χ1) is 14.4. The van der Waals surface area contributed by atoms with Crippen molar-refractivity contribution in [3.8, 4) is 0 Å². The highest BCUT2D eigenvalue weighted by molar-refractivity contribution is 6.36. The van der Waals surface area contributed by atoms with E-state index in [4.69, 9.17) is 34.8 Å². The van der Waals surface area contributed by atoms with E-state index < -0.39 is 0 Å². The molecule has 0 aliphatic carbocycles. The number of allylic oxidation sites excluding steroid dienone is 1. The second-order valence-electron chi connectivity index (χ2n) is 7.86. The Balaban J connectivity index is 1.81. The standard InChI is InChI=1S/C24H27Cl3N2O/c1-3-4-17(2)5-12-24(30)28-13-14-29(22-11-10-20(26)15-21(22)27)23(16-28)18-6-8-19(25)9-7-18/h3,6-11,15,17,23H,1,4-5,12-14,16H2,2H3/t17?,23-/m0/s1. The SMILES string of the molecule is C=CCC(C)CCC(=O)N1CCN(c2ccc(Cl)cc2Cl)[C@H](c2ccc(Cl)cc2)C1. The van der Waals surface area contributed by atoms with Crippen molar-refractivity contribution >= 4 is 46.4 Å². The van der Waals surface area contributed by atoms with Gasteiger partial charge in [-0.15, -0.1) is 6.58 Å². The van der Waals surface area contributed by atoms with Crippen LogP contribution in [0.5, 0.6) is 0 Å². The van der Waals surface area contributed by atoms with Gasteiger partial charge in [-0.05, 0) is 54.7 Å². The third-order valence-corrected chi connectivity index (χ3v) is 6.42. The highest BCUT2D eigenvalue weighted by Gasteiger charge is 2.31. The smallest absolute Gasteiger partial charge is 0.222 e. The molecule has 0 radical (unpaired) electrons. The lowest BCUT2D eigenvalue weighted by molar-refractivity contribution is -0.132. The molecule has 0 bridgehead atoms. The quantitative estimate of drug-likeness (QED) is 0.410. The van der Waals surface area contributed by atoms with E-state index in [1.54, 1.807) is 6.07 Å². The minimum atomic E-state index is -0.00996. The van der Waals surface area contributed by atoms with Crippen molar-refractivity contribution in [1.82, 2.24) is 4.90 Å². The van der Waals surface area contributed by atoms with Crippen LogP contribution in [0.3, 0.4) is 0 Å². The summed E-state index contributed by atoms with van der Waals surface area (Å²) in [5, 5.41) is 1.91. The maximum atomic E-state index is 12.9. The van der Waals surface area contributed by atoms with Crippen LogP contribution in [0.1, 0.15) is 37.8 Å². The zero-order chi connectivity index (χ0) is 21.7. The Morgan fingerprint density at radius 1 is 1.13 bits per heavy atom. The minimum absolute atomic E-state index is 0.00996. The molecule has 1 fully saturated rings. The van der Waals surface area contributed by atoms with Crippen molar-refractivity contribution in [3.05, 3.63) is 75.8 Å². The van der Waals surface area contributed by atoms with Gasteiger partial charge in [-0.3, -0.25) is 4.79 Å². The molecule has 2 atom stereocenters. The minimum Gasteiger partial charge on any atom is -0.360 e. The van der Waals surface area contributed by atoms with Crippen LogP contribution in [0.2, 0.25) is 15.1 Å². The Bertz CT molecular complexity index is 885. The molecular weight excluding hydrogens is 439 g/mol. The second-order valence-corrected chi connectivity index (χ2v) is 9.14. The molecule has 0 saturated carbocycles. The van der Waals surface area contributed by atoms with E-state index in [1.165, 1.54) is 0 Å². The van der Waals surface area contributed by atoms with Gasteiger partial charge >= 0.3 is 0 Å². The average Bonchev–Trinajstić information content (AvgIpc) is 2.73. The Morgan fingerprint density at radius 2 is 1.83 bits per heavy atom. The fourth-order valence-corrected chi connectivity index (χ4v) is 4.56. The maximum Gasteiger partial charge on any atom is 0.222 e. The lowest BCUT2D eigenvalue weighted by atomic mass is 9.99. The van der Waals surface area contributed by atoms with Crippen LogP contribution in [0.25, 0.3) is 0 Å². The van der Waals surface area contributed by atoms with E-state index >= 15 is 0 Å². The number of piperazine rings is 1. The Morgan fingerprint density at radius 3 is 2.50 bits per heavy atom. The fraction of sp³-hybridized carbons (Fsp3) is 0.375. The van der Waals surface area contributed by atoms with Crippen molar-refractivity contribution in [3.63, 3.8) is 0 Å². The number of hydrogen-bond acceptors (Lipinski definition) is 2. The number of carbonyl (C=O) groups is 1. The maximum absolute atomic E-state index is 12.9. The summed E-state index contributed by atoms with van der Waals surface area (Å²) < 4.78 is 0. The summed E-state index contributed by atoms with van der Waals surface area (Å²) in [7, 11) is 0. The molecule has 2 aromatic rings. The molecule has 0 spiro atoms. The molecule has 0 aromatic heterocycles. The summed E-state index contributed by atoms with van der Waals surface area (Å²) in [5.74, 6) is 0.666. The summed E-state index contributed by atoms with van der Waals surface area (Å²) in [6.07, 6.45) is 4.29. The van der Waals surface area contributed by atoms with Gasteiger partial charge in [0.1, 0.15) is 0 Å². The van der Waals surface area contributed by atoms with E-state index in [0.29, 0.717) is 47.0 Å². The van der Waals surface area contributed by atoms with E-state index in [0.717, 1.165) is 24.1 Å². The first-order valence-electron chi connectivity index (χ1n) is 10.2. The van der Waals surface area contributed by atoms with Crippen molar-refractivity contribution in [1.29, 1.82) is 0 Å². The number of halogens is 3. The summed E-state index contributed by atoms with van der Waals surface area (Å²) in [6, 6.07) is 13.3. The predicted octanol–water partition coefficient (Wildman–Crippen LogP) is 7.03. The van der Waals surface area contributed by atoms with E-state index in [1.807, 2.05) is 47.4 Å². The van der Waals surface area contributed by atoms with Crippen LogP contribution in [-0.2, 0) is 4.79 Å². The van der Waals surface area contributed by atoms with Crippen LogP contribution in [0, 0.1) is 5.92 Å². The van der Waals surface area contributed by atoms with Gasteiger partial charge in [-0.1, -0.05) is 59.9 Å². The van der Waals surface area contributed by atoms with Crippen LogP contribution in [-0.4, -0.2) is 30.4 Å². The average molecular weight is 466 g/mol. The van der Waals surface area contributed by atoms with Crippen LogP contribution in [0.4, 0.5) is 5.69 Å². The van der Waals surface area contributed by atoms with Crippen molar-refractivity contribution in [2.45, 2.75) is 32.2 Å². The van der Waals surface area contributed by atoms with Gasteiger partial charge in [0.2, 0.25) is 5.91 Å². The molecular formula is C24H27Cl3N2O. The molecule has 1 heterocycles. The molecule has 3 rings (SSSR count). The normalized spacial score (nSPS) is 17.7. The van der Waals surface area contributed by atoms with Gasteiger partial charge in [0.05, 0.1) is 16.8 Å². The molecule has 1 amide bonds. The first kappa shape index (κ1) is 23.0.